The van der Waals surface area contributed by atoms with E-state index in [9.17, 15) is 9.59 Å². The van der Waals surface area contributed by atoms with Crippen molar-refractivity contribution in [2.75, 3.05) is 13.1 Å². The zero-order valence-corrected chi connectivity index (χ0v) is 13.4. The lowest BCUT2D eigenvalue weighted by Crippen LogP contribution is -2.62. The normalized spacial score (nSPS) is 27.2. The van der Waals surface area contributed by atoms with E-state index in [0.29, 0.717) is 24.3 Å². The Balaban J connectivity index is 2.17. The summed E-state index contributed by atoms with van der Waals surface area (Å²) in [6.07, 6.45) is 1.79. The van der Waals surface area contributed by atoms with E-state index in [2.05, 4.69) is 27.7 Å². The minimum atomic E-state index is -0.295. The minimum absolute atomic E-state index is 0.137. The lowest BCUT2D eigenvalue weighted by Gasteiger charge is -2.43. The van der Waals surface area contributed by atoms with Gasteiger partial charge < -0.3 is 9.80 Å². The predicted octanol–water partition coefficient (Wildman–Crippen LogP) is 2.14. The highest BCUT2D eigenvalue weighted by molar-refractivity contribution is 5.97. The van der Waals surface area contributed by atoms with Crippen molar-refractivity contribution in [2.45, 2.75) is 59.5 Å². The molecule has 20 heavy (non-hydrogen) atoms. The van der Waals surface area contributed by atoms with Gasteiger partial charge in [0.05, 0.1) is 0 Å². The molecule has 2 atom stereocenters. The van der Waals surface area contributed by atoms with E-state index in [1.165, 1.54) is 0 Å². The molecular weight excluding hydrogens is 252 g/mol. The van der Waals surface area contributed by atoms with Gasteiger partial charge in [-0.3, -0.25) is 9.59 Å². The average Bonchev–Trinajstić information content (AvgIpc) is 2.84. The topological polar surface area (TPSA) is 40.6 Å². The van der Waals surface area contributed by atoms with Crippen LogP contribution in [0.1, 0.15) is 47.5 Å². The summed E-state index contributed by atoms with van der Waals surface area (Å²) in [6, 6.07) is -0.476. The van der Waals surface area contributed by atoms with Crippen LogP contribution in [-0.2, 0) is 9.59 Å². The van der Waals surface area contributed by atoms with Gasteiger partial charge in [-0.15, -0.1) is 0 Å². The molecule has 0 spiro atoms. The van der Waals surface area contributed by atoms with E-state index in [-0.39, 0.29) is 23.9 Å². The Labute approximate surface area is 122 Å². The first-order chi connectivity index (χ1) is 9.34. The fourth-order valence-electron chi connectivity index (χ4n) is 3.71. The van der Waals surface area contributed by atoms with Crippen molar-refractivity contribution in [2.24, 2.45) is 17.8 Å². The summed E-state index contributed by atoms with van der Waals surface area (Å²) >= 11 is 0. The van der Waals surface area contributed by atoms with E-state index >= 15 is 0 Å². The van der Waals surface area contributed by atoms with Crippen LogP contribution in [0.2, 0.25) is 0 Å². The summed E-state index contributed by atoms with van der Waals surface area (Å²) in [6.45, 7) is 12.2. The van der Waals surface area contributed by atoms with Crippen LogP contribution in [0, 0.1) is 17.8 Å². The van der Waals surface area contributed by atoms with Crippen molar-refractivity contribution < 1.29 is 9.59 Å². The molecule has 2 rings (SSSR count). The van der Waals surface area contributed by atoms with Crippen LogP contribution in [0.15, 0.2) is 0 Å². The van der Waals surface area contributed by atoms with E-state index in [1.807, 2.05) is 11.8 Å². The average molecular weight is 280 g/mol. The van der Waals surface area contributed by atoms with Crippen molar-refractivity contribution in [1.82, 2.24) is 9.80 Å². The van der Waals surface area contributed by atoms with Crippen molar-refractivity contribution >= 4 is 11.8 Å². The van der Waals surface area contributed by atoms with Crippen LogP contribution in [0.25, 0.3) is 0 Å². The van der Waals surface area contributed by atoms with Crippen molar-refractivity contribution in [1.29, 1.82) is 0 Å². The van der Waals surface area contributed by atoms with Gasteiger partial charge in [-0.2, -0.15) is 0 Å². The van der Waals surface area contributed by atoms with Gasteiger partial charge in [-0.05, 0) is 37.5 Å². The van der Waals surface area contributed by atoms with Crippen LogP contribution in [0.3, 0.4) is 0 Å². The molecule has 0 aromatic carbocycles. The zero-order valence-electron chi connectivity index (χ0n) is 13.4. The number of hydrogen-bond donors (Lipinski definition) is 0. The van der Waals surface area contributed by atoms with Crippen molar-refractivity contribution in [3.05, 3.63) is 0 Å². The maximum absolute atomic E-state index is 12.7. The van der Waals surface area contributed by atoms with Crippen LogP contribution in [0.5, 0.6) is 0 Å². The van der Waals surface area contributed by atoms with Crippen LogP contribution in [-0.4, -0.2) is 46.8 Å². The number of carbonyl (C=O) groups excluding carboxylic acids is 2. The second kappa shape index (κ2) is 5.74. The maximum Gasteiger partial charge on any atom is 0.246 e. The number of fused-ring (bicyclic) bond motifs is 1. The summed E-state index contributed by atoms with van der Waals surface area (Å²) in [4.78, 5) is 28.7. The lowest BCUT2D eigenvalue weighted by molar-refractivity contribution is -0.159. The standard InChI is InChI=1S/C16H28N2O2/c1-10(2)13(11(3)4)9-18-12(5)15(19)17-8-6-7-14(17)16(18)20/h10-14H,6-9H2,1-5H3. The van der Waals surface area contributed by atoms with E-state index in [4.69, 9.17) is 0 Å². The minimum Gasteiger partial charge on any atom is -0.329 e. The van der Waals surface area contributed by atoms with Crippen LogP contribution >= 0.6 is 0 Å². The molecule has 2 aliphatic heterocycles. The molecule has 4 nitrogen and oxygen atoms in total. The van der Waals surface area contributed by atoms with Crippen LogP contribution < -0.4 is 0 Å². The van der Waals surface area contributed by atoms with Crippen LogP contribution in [0.4, 0.5) is 0 Å². The predicted molar refractivity (Wildman–Crippen MR) is 79.1 cm³/mol. The molecule has 2 saturated heterocycles. The third-order valence-corrected chi connectivity index (χ3v) is 5.05. The fourth-order valence-corrected chi connectivity index (χ4v) is 3.71. The molecule has 2 unspecified atom stereocenters. The highest BCUT2D eigenvalue weighted by Gasteiger charge is 2.46. The van der Waals surface area contributed by atoms with Crippen molar-refractivity contribution in [3.8, 4) is 0 Å². The molecule has 2 aliphatic rings. The van der Waals surface area contributed by atoms with Gasteiger partial charge in [-0.25, -0.2) is 0 Å². The molecule has 0 bridgehead atoms. The first kappa shape index (κ1) is 15.3. The lowest BCUT2D eigenvalue weighted by atomic mass is 9.84. The van der Waals surface area contributed by atoms with Gasteiger partial charge in [0.1, 0.15) is 12.1 Å². The van der Waals surface area contributed by atoms with Gasteiger partial charge in [0.25, 0.3) is 0 Å². The number of rotatable bonds is 4. The summed E-state index contributed by atoms with van der Waals surface area (Å²) in [7, 11) is 0. The zero-order chi connectivity index (χ0) is 15.0. The fraction of sp³-hybridized carbons (Fsp3) is 0.875. The Bertz CT molecular complexity index is 384. The summed E-state index contributed by atoms with van der Waals surface area (Å²) in [5.41, 5.74) is 0. The Kier molecular flexibility index (Phi) is 4.40. The molecule has 2 fully saturated rings. The Hall–Kier alpha value is -1.06. The summed E-state index contributed by atoms with van der Waals surface area (Å²) < 4.78 is 0. The van der Waals surface area contributed by atoms with Gasteiger partial charge in [0.15, 0.2) is 0 Å². The first-order valence-electron chi connectivity index (χ1n) is 7.95. The van der Waals surface area contributed by atoms with E-state index < -0.39 is 0 Å². The molecule has 2 heterocycles. The van der Waals surface area contributed by atoms with Gasteiger partial charge in [-0.1, -0.05) is 27.7 Å². The van der Waals surface area contributed by atoms with Crippen molar-refractivity contribution in [3.63, 3.8) is 0 Å². The number of nitrogens with zero attached hydrogens (tertiary/aromatic N) is 2. The molecule has 0 aliphatic carbocycles. The van der Waals surface area contributed by atoms with Gasteiger partial charge in [0.2, 0.25) is 11.8 Å². The maximum atomic E-state index is 12.7. The number of hydrogen-bond acceptors (Lipinski definition) is 2. The third-order valence-electron chi connectivity index (χ3n) is 5.05. The third kappa shape index (κ3) is 2.57. The number of amides is 2. The summed E-state index contributed by atoms with van der Waals surface area (Å²) in [5, 5.41) is 0. The molecule has 0 aromatic heterocycles. The molecular formula is C16H28N2O2. The number of piperazine rings is 1. The molecule has 4 heteroatoms. The summed E-state index contributed by atoms with van der Waals surface area (Å²) in [5.74, 6) is 1.79. The Morgan fingerprint density at radius 3 is 2.25 bits per heavy atom. The van der Waals surface area contributed by atoms with E-state index in [0.717, 1.165) is 19.4 Å². The number of carbonyl (C=O) groups is 2. The molecule has 114 valence electrons. The first-order valence-corrected chi connectivity index (χ1v) is 7.95. The monoisotopic (exact) mass is 280 g/mol. The SMILES string of the molecule is CC(C)C(CN1C(=O)C2CCCN2C(=O)C1C)C(C)C. The Morgan fingerprint density at radius 1 is 1.10 bits per heavy atom. The molecule has 0 saturated carbocycles. The largest absolute Gasteiger partial charge is 0.329 e. The molecule has 0 radical (unpaired) electrons. The Morgan fingerprint density at radius 2 is 1.70 bits per heavy atom. The van der Waals surface area contributed by atoms with Gasteiger partial charge in [0, 0.05) is 13.1 Å². The smallest absolute Gasteiger partial charge is 0.246 e. The second-order valence-electron chi connectivity index (χ2n) is 7.01. The van der Waals surface area contributed by atoms with E-state index in [1.54, 1.807) is 4.90 Å². The quantitative estimate of drug-likeness (QED) is 0.791. The van der Waals surface area contributed by atoms with Gasteiger partial charge >= 0.3 is 0 Å². The molecule has 0 N–H and O–H groups in total. The highest BCUT2D eigenvalue weighted by Crippen LogP contribution is 2.30. The molecule has 2 amide bonds. The molecule has 0 aromatic rings. The highest BCUT2D eigenvalue weighted by atomic mass is 16.2. The second-order valence-corrected chi connectivity index (χ2v) is 7.01.